The Balaban J connectivity index is 2.07. The molecular formula is C23H21NO6. The average molecular weight is 407 g/mol. The van der Waals surface area contributed by atoms with Gasteiger partial charge in [0.05, 0.1) is 30.4 Å². The third-order valence-electron chi connectivity index (χ3n) is 4.68. The molecule has 0 fully saturated rings. The molecule has 0 aromatic heterocycles. The third-order valence-corrected chi connectivity index (χ3v) is 4.68. The smallest absolute Gasteiger partial charge is 0.340 e. The number of carbonyl (C=O) groups excluding carboxylic acids is 2. The lowest BCUT2D eigenvalue weighted by molar-refractivity contribution is -0.138. The summed E-state index contributed by atoms with van der Waals surface area (Å²) in [6.45, 7) is 3.55. The van der Waals surface area contributed by atoms with Gasteiger partial charge in [0.15, 0.2) is 0 Å². The molecule has 1 aliphatic rings. The number of carbonyl (C=O) groups is 3. The summed E-state index contributed by atoms with van der Waals surface area (Å²) in [5.41, 5.74) is 2.13. The lowest BCUT2D eigenvalue weighted by Crippen LogP contribution is -2.24. The number of nitrogens with zero attached hydrogens (tertiary/aromatic N) is 1. The minimum absolute atomic E-state index is 0.132. The van der Waals surface area contributed by atoms with Crippen molar-refractivity contribution in [2.75, 3.05) is 18.6 Å². The molecule has 0 saturated carbocycles. The first-order valence-corrected chi connectivity index (χ1v) is 9.29. The van der Waals surface area contributed by atoms with Gasteiger partial charge in [0.2, 0.25) is 0 Å². The predicted molar refractivity (Wildman–Crippen MR) is 111 cm³/mol. The van der Waals surface area contributed by atoms with Gasteiger partial charge in [-0.1, -0.05) is 12.1 Å². The number of amides is 1. The van der Waals surface area contributed by atoms with Gasteiger partial charge in [-0.05, 0) is 61.9 Å². The first kappa shape index (κ1) is 20.9. The summed E-state index contributed by atoms with van der Waals surface area (Å²) in [7, 11) is 1.55. The van der Waals surface area contributed by atoms with Crippen molar-refractivity contribution in [1.82, 2.24) is 0 Å². The van der Waals surface area contributed by atoms with E-state index in [-0.39, 0.29) is 29.2 Å². The van der Waals surface area contributed by atoms with Crippen molar-refractivity contribution in [3.63, 3.8) is 0 Å². The fourth-order valence-electron chi connectivity index (χ4n) is 3.21. The second-order valence-corrected chi connectivity index (χ2v) is 6.50. The molecule has 1 aliphatic heterocycles. The predicted octanol–water partition coefficient (Wildman–Crippen LogP) is 3.66. The Kier molecular flexibility index (Phi) is 6.01. The van der Waals surface area contributed by atoms with Crippen molar-refractivity contribution in [2.45, 2.75) is 13.8 Å². The monoisotopic (exact) mass is 407 g/mol. The highest BCUT2D eigenvalue weighted by Gasteiger charge is 2.38. The zero-order valence-corrected chi connectivity index (χ0v) is 16.8. The number of hydrogen-bond acceptors (Lipinski definition) is 5. The maximum Gasteiger partial charge on any atom is 0.340 e. The Bertz CT molecular complexity index is 1050. The fraction of sp³-hybridized carbons (Fsp3) is 0.174. The molecule has 0 bridgehead atoms. The van der Waals surface area contributed by atoms with Crippen LogP contribution in [0.5, 0.6) is 5.75 Å². The largest absolute Gasteiger partial charge is 0.497 e. The average Bonchev–Trinajstić information content (AvgIpc) is 2.98. The third kappa shape index (κ3) is 3.96. The van der Waals surface area contributed by atoms with E-state index in [4.69, 9.17) is 14.6 Å². The summed E-state index contributed by atoms with van der Waals surface area (Å²) >= 11 is 0. The topological polar surface area (TPSA) is 93.1 Å². The van der Waals surface area contributed by atoms with Crippen molar-refractivity contribution < 1.29 is 29.0 Å². The number of aromatic carboxylic acids is 1. The van der Waals surface area contributed by atoms with Gasteiger partial charge in [-0.3, -0.25) is 9.69 Å². The van der Waals surface area contributed by atoms with Crippen molar-refractivity contribution in [2.24, 2.45) is 0 Å². The maximum absolute atomic E-state index is 13.3. The van der Waals surface area contributed by atoms with Crippen molar-refractivity contribution >= 4 is 29.6 Å². The van der Waals surface area contributed by atoms with Crippen LogP contribution in [0.15, 0.2) is 65.4 Å². The van der Waals surface area contributed by atoms with E-state index < -0.39 is 11.9 Å². The van der Waals surface area contributed by atoms with E-state index in [1.165, 1.54) is 17.0 Å². The molecule has 0 saturated heterocycles. The molecule has 0 atom stereocenters. The second-order valence-electron chi connectivity index (χ2n) is 6.50. The molecule has 1 N–H and O–H groups in total. The van der Waals surface area contributed by atoms with E-state index in [1.54, 1.807) is 63.4 Å². The Morgan fingerprint density at radius 3 is 2.23 bits per heavy atom. The van der Waals surface area contributed by atoms with Crippen LogP contribution >= 0.6 is 0 Å². The highest BCUT2D eigenvalue weighted by atomic mass is 16.5. The molecule has 3 rings (SSSR count). The van der Waals surface area contributed by atoms with Gasteiger partial charge >= 0.3 is 11.9 Å². The number of allylic oxidation sites excluding steroid dienone is 1. The quantitative estimate of drug-likeness (QED) is 0.580. The number of anilines is 1. The maximum atomic E-state index is 13.3. The summed E-state index contributed by atoms with van der Waals surface area (Å²) in [5, 5.41) is 9.06. The molecule has 154 valence electrons. The molecule has 7 nitrogen and oxygen atoms in total. The zero-order chi connectivity index (χ0) is 21.8. The highest BCUT2D eigenvalue weighted by Crippen LogP contribution is 2.36. The molecule has 0 aliphatic carbocycles. The van der Waals surface area contributed by atoms with E-state index in [1.807, 2.05) is 0 Å². The molecule has 2 aromatic rings. The van der Waals surface area contributed by atoms with Crippen LogP contribution in [-0.2, 0) is 14.3 Å². The van der Waals surface area contributed by atoms with E-state index >= 15 is 0 Å². The summed E-state index contributed by atoms with van der Waals surface area (Å²) in [5.74, 6) is -1.36. The van der Waals surface area contributed by atoms with Crippen LogP contribution < -0.4 is 9.64 Å². The van der Waals surface area contributed by atoms with Crippen LogP contribution in [0, 0.1) is 0 Å². The minimum Gasteiger partial charge on any atom is -0.497 e. The van der Waals surface area contributed by atoms with Gasteiger partial charge in [0.25, 0.3) is 5.91 Å². The van der Waals surface area contributed by atoms with Crippen LogP contribution in [0.25, 0.3) is 6.08 Å². The molecule has 7 heteroatoms. The van der Waals surface area contributed by atoms with Crippen LogP contribution in [0.4, 0.5) is 5.69 Å². The lowest BCUT2D eigenvalue weighted by Gasteiger charge is -2.18. The second kappa shape index (κ2) is 8.65. The van der Waals surface area contributed by atoms with Gasteiger partial charge < -0.3 is 14.6 Å². The minimum atomic E-state index is -1.04. The molecule has 1 heterocycles. The van der Waals surface area contributed by atoms with Gasteiger partial charge in [-0.2, -0.15) is 0 Å². The van der Waals surface area contributed by atoms with E-state index in [2.05, 4.69) is 0 Å². The van der Waals surface area contributed by atoms with Gasteiger partial charge in [-0.15, -0.1) is 0 Å². The van der Waals surface area contributed by atoms with Gasteiger partial charge in [-0.25, -0.2) is 9.59 Å². The summed E-state index contributed by atoms with van der Waals surface area (Å²) in [4.78, 5) is 38.4. The Labute approximate surface area is 173 Å². The van der Waals surface area contributed by atoms with Crippen molar-refractivity contribution in [3.8, 4) is 5.75 Å². The molecule has 0 unspecified atom stereocenters. The summed E-state index contributed by atoms with van der Waals surface area (Å²) in [6.07, 6.45) is 1.56. The number of rotatable bonds is 6. The fourth-order valence-corrected chi connectivity index (χ4v) is 3.21. The number of esters is 1. The highest BCUT2D eigenvalue weighted by molar-refractivity contribution is 6.23. The zero-order valence-electron chi connectivity index (χ0n) is 16.8. The molecule has 30 heavy (non-hydrogen) atoms. The van der Waals surface area contributed by atoms with Crippen molar-refractivity contribution in [1.29, 1.82) is 0 Å². The summed E-state index contributed by atoms with van der Waals surface area (Å²) < 4.78 is 10.3. The first-order chi connectivity index (χ1) is 14.4. The van der Waals surface area contributed by atoms with Gasteiger partial charge in [0.1, 0.15) is 5.75 Å². The van der Waals surface area contributed by atoms with Crippen LogP contribution in [0.3, 0.4) is 0 Å². The lowest BCUT2D eigenvalue weighted by atomic mass is 10.0. The first-order valence-electron chi connectivity index (χ1n) is 9.29. The Morgan fingerprint density at radius 1 is 1.07 bits per heavy atom. The molecule has 1 amide bonds. The molecule has 0 spiro atoms. The molecular weight excluding hydrogens is 386 g/mol. The summed E-state index contributed by atoms with van der Waals surface area (Å²) in [6, 6.07) is 13.0. The normalized spacial score (nSPS) is 15.0. The number of benzene rings is 2. The van der Waals surface area contributed by atoms with E-state index in [0.29, 0.717) is 22.7 Å². The molecule has 2 aromatic carbocycles. The Morgan fingerprint density at radius 2 is 1.70 bits per heavy atom. The Hall–Kier alpha value is -3.87. The van der Waals surface area contributed by atoms with Crippen LogP contribution in [0.2, 0.25) is 0 Å². The van der Waals surface area contributed by atoms with Crippen molar-refractivity contribution in [3.05, 3.63) is 76.5 Å². The van der Waals surface area contributed by atoms with Gasteiger partial charge in [0, 0.05) is 11.4 Å². The number of carboxylic acids is 1. The van der Waals surface area contributed by atoms with E-state index in [0.717, 1.165) is 0 Å². The van der Waals surface area contributed by atoms with Crippen LogP contribution in [0.1, 0.15) is 29.8 Å². The van der Waals surface area contributed by atoms with E-state index in [9.17, 15) is 14.4 Å². The number of carboxylic acid groups (broad SMARTS) is 1. The SMILES string of the molecule is CCOC(=O)C1=C(C)N(c2ccc(OC)cc2)C(=O)/C1=C\c1ccc(C(=O)O)cc1. The molecule has 0 radical (unpaired) electrons. The number of methoxy groups -OCH3 is 1. The number of hydrogen-bond donors (Lipinski definition) is 1. The van der Waals surface area contributed by atoms with Crippen LogP contribution in [-0.4, -0.2) is 36.7 Å². The standard InChI is InChI=1S/C23H21NO6/c1-4-30-23(28)20-14(2)24(17-9-11-18(29-3)12-10-17)21(25)19(20)13-15-5-7-16(8-6-15)22(26)27/h5-13H,4H2,1-3H3,(H,26,27)/b19-13-. The number of ether oxygens (including phenoxy) is 2.